The number of nitrogens with one attached hydrogen (secondary N) is 1. The number of ether oxygens (including phenoxy) is 1. The molecule has 23 heavy (non-hydrogen) atoms. The van der Waals surface area contributed by atoms with Crippen molar-refractivity contribution < 1.29 is 19.4 Å². The third kappa shape index (κ3) is 5.00. The summed E-state index contributed by atoms with van der Waals surface area (Å²) < 4.78 is 5.06. The number of phenols is 1. The van der Waals surface area contributed by atoms with Gasteiger partial charge in [-0.2, -0.15) is 0 Å². The number of phenolic OH excluding ortho intramolecular Hbond substituents is 1. The SMILES string of the molecule is O=Cc1cccc(O)c1C=CCNC(=O)OCc1ccccc1. The lowest BCUT2D eigenvalue weighted by molar-refractivity contribution is 0.112. The van der Waals surface area contributed by atoms with Crippen molar-refractivity contribution in [3.63, 3.8) is 0 Å². The highest BCUT2D eigenvalue weighted by Crippen LogP contribution is 2.21. The molecule has 0 heterocycles. The quantitative estimate of drug-likeness (QED) is 0.804. The maximum Gasteiger partial charge on any atom is 0.407 e. The van der Waals surface area contributed by atoms with Crippen LogP contribution >= 0.6 is 0 Å². The molecule has 0 atom stereocenters. The van der Waals surface area contributed by atoms with Crippen LogP contribution in [0.15, 0.2) is 54.6 Å². The van der Waals surface area contributed by atoms with Crippen molar-refractivity contribution in [2.45, 2.75) is 6.61 Å². The van der Waals surface area contributed by atoms with Crippen LogP contribution in [-0.2, 0) is 11.3 Å². The smallest absolute Gasteiger partial charge is 0.407 e. The van der Waals surface area contributed by atoms with Crippen LogP contribution in [0.25, 0.3) is 6.08 Å². The van der Waals surface area contributed by atoms with Crippen LogP contribution < -0.4 is 5.32 Å². The summed E-state index contributed by atoms with van der Waals surface area (Å²) in [7, 11) is 0. The molecular formula is C18H17NO4. The van der Waals surface area contributed by atoms with E-state index in [2.05, 4.69) is 5.32 Å². The lowest BCUT2D eigenvalue weighted by atomic mass is 10.1. The second kappa shape index (κ2) is 8.38. The number of aromatic hydroxyl groups is 1. The molecule has 0 bridgehead atoms. The molecule has 0 saturated heterocycles. The molecule has 2 N–H and O–H groups in total. The fourth-order valence-corrected chi connectivity index (χ4v) is 1.95. The number of hydrogen-bond donors (Lipinski definition) is 2. The minimum atomic E-state index is -0.536. The molecule has 1 amide bonds. The average Bonchev–Trinajstić information content (AvgIpc) is 2.58. The Morgan fingerprint density at radius 3 is 2.65 bits per heavy atom. The van der Waals surface area contributed by atoms with Crippen molar-refractivity contribution in [3.05, 3.63) is 71.3 Å². The summed E-state index contributed by atoms with van der Waals surface area (Å²) in [6, 6.07) is 14.1. The summed E-state index contributed by atoms with van der Waals surface area (Å²) in [5, 5.41) is 12.3. The van der Waals surface area contributed by atoms with Crippen molar-refractivity contribution in [1.29, 1.82) is 0 Å². The molecule has 0 aliphatic rings. The predicted molar refractivity (Wildman–Crippen MR) is 87.2 cm³/mol. The van der Waals surface area contributed by atoms with E-state index in [1.807, 2.05) is 30.3 Å². The molecule has 0 aliphatic carbocycles. The number of benzene rings is 2. The van der Waals surface area contributed by atoms with E-state index in [1.165, 1.54) is 6.07 Å². The van der Waals surface area contributed by atoms with Gasteiger partial charge in [0.1, 0.15) is 12.4 Å². The van der Waals surface area contributed by atoms with E-state index in [-0.39, 0.29) is 18.9 Å². The third-order valence-corrected chi connectivity index (χ3v) is 3.11. The van der Waals surface area contributed by atoms with Gasteiger partial charge in [0.15, 0.2) is 6.29 Å². The molecule has 2 aromatic rings. The zero-order valence-electron chi connectivity index (χ0n) is 12.4. The van der Waals surface area contributed by atoms with Crippen LogP contribution in [0.1, 0.15) is 21.5 Å². The van der Waals surface area contributed by atoms with Crippen LogP contribution in [0.5, 0.6) is 5.75 Å². The molecule has 0 spiro atoms. The van der Waals surface area contributed by atoms with Gasteiger partial charge in [-0.3, -0.25) is 4.79 Å². The number of carbonyl (C=O) groups is 2. The van der Waals surface area contributed by atoms with E-state index >= 15 is 0 Å². The Bertz CT molecular complexity index is 695. The summed E-state index contributed by atoms with van der Waals surface area (Å²) in [4.78, 5) is 22.5. The lowest BCUT2D eigenvalue weighted by Crippen LogP contribution is -2.24. The Labute approximate surface area is 134 Å². The highest BCUT2D eigenvalue weighted by atomic mass is 16.5. The lowest BCUT2D eigenvalue weighted by Gasteiger charge is -2.05. The molecule has 118 valence electrons. The van der Waals surface area contributed by atoms with Gasteiger partial charge in [0.25, 0.3) is 0 Å². The Kier molecular flexibility index (Phi) is 5.94. The van der Waals surface area contributed by atoms with Gasteiger partial charge in [0.05, 0.1) is 0 Å². The van der Waals surface area contributed by atoms with Crippen LogP contribution in [0.4, 0.5) is 4.79 Å². The first-order chi connectivity index (χ1) is 11.2. The number of amides is 1. The Morgan fingerprint density at radius 1 is 1.13 bits per heavy atom. The van der Waals surface area contributed by atoms with Crippen molar-refractivity contribution in [2.75, 3.05) is 6.54 Å². The Morgan fingerprint density at radius 2 is 1.91 bits per heavy atom. The Hall–Kier alpha value is -3.08. The highest BCUT2D eigenvalue weighted by molar-refractivity contribution is 5.84. The second-order valence-electron chi connectivity index (χ2n) is 4.74. The van der Waals surface area contributed by atoms with E-state index < -0.39 is 6.09 Å². The van der Waals surface area contributed by atoms with Crippen LogP contribution in [0.3, 0.4) is 0 Å². The molecule has 5 heteroatoms. The maximum absolute atomic E-state index is 11.5. The standard InChI is InChI=1S/C18H17NO4/c20-12-15-8-4-10-17(21)16(15)9-5-11-19-18(22)23-13-14-6-2-1-3-7-14/h1-10,12,21H,11,13H2,(H,19,22). The number of carbonyl (C=O) groups excluding carboxylic acids is 2. The monoisotopic (exact) mass is 311 g/mol. The molecule has 5 nitrogen and oxygen atoms in total. The van der Waals surface area contributed by atoms with E-state index in [0.29, 0.717) is 17.4 Å². The van der Waals surface area contributed by atoms with Gasteiger partial charge >= 0.3 is 6.09 Å². The molecule has 0 saturated carbocycles. The summed E-state index contributed by atoms with van der Waals surface area (Å²) in [5.41, 5.74) is 1.71. The molecule has 0 fully saturated rings. The first kappa shape index (κ1) is 16.3. The predicted octanol–water partition coefficient (Wildman–Crippen LogP) is 3.14. The summed E-state index contributed by atoms with van der Waals surface area (Å²) >= 11 is 0. The largest absolute Gasteiger partial charge is 0.507 e. The van der Waals surface area contributed by atoms with Gasteiger partial charge in [0.2, 0.25) is 0 Å². The van der Waals surface area contributed by atoms with Crippen molar-refractivity contribution in [2.24, 2.45) is 0 Å². The van der Waals surface area contributed by atoms with Gasteiger partial charge in [-0.25, -0.2) is 4.79 Å². The van der Waals surface area contributed by atoms with Crippen molar-refractivity contribution in [1.82, 2.24) is 5.32 Å². The number of alkyl carbamates (subject to hydrolysis) is 1. The zero-order chi connectivity index (χ0) is 16.5. The molecule has 2 rings (SSSR count). The number of aldehydes is 1. The zero-order valence-corrected chi connectivity index (χ0v) is 12.4. The molecule has 0 aromatic heterocycles. The molecule has 0 aliphatic heterocycles. The van der Waals surface area contributed by atoms with Crippen LogP contribution in [-0.4, -0.2) is 24.0 Å². The van der Waals surface area contributed by atoms with Gasteiger partial charge in [0, 0.05) is 17.7 Å². The number of hydrogen-bond acceptors (Lipinski definition) is 4. The maximum atomic E-state index is 11.5. The molecule has 2 aromatic carbocycles. The first-order valence-electron chi connectivity index (χ1n) is 7.09. The highest BCUT2D eigenvalue weighted by Gasteiger charge is 2.04. The second-order valence-corrected chi connectivity index (χ2v) is 4.74. The van der Waals surface area contributed by atoms with E-state index in [1.54, 1.807) is 24.3 Å². The van der Waals surface area contributed by atoms with Crippen molar-refractivity contribution >= 4 is 18.5 Å². The van der Waals surface area contributed by atoms with Crippen molar-refractivity contribution in [3.8, 4) is 5.75 Å². The van der Waals surface area contributed by atoms with E-state index in [4.69, 9.17) is 4.74 Å². The first-order valence-corrected chi connectivity index (χ1v) is 7.09. The topological polar surface area (TPSA) is 75.6 Å². The van der Waals surface area contributed by atoms with E-state index in [0.717, 1.165) is 5.56 Å². The average molecular weight is 311 g/mol. The summed E-state index contributed by atoms with van der Waals surface area (Å²) in [5.74, 6) is 0.0116. The Balaban J connectivity index is 1.80. The fourth-order valence-electron chi connectivity index (χ4n) is 1.95. The van der Waals surface area contributed by atoms with Crippen LogP contribution in [0, 0.1) is 0 Å². The third-order valence-electron chi connectivity index (χ3n) is 3.11. The molecule has 0 unspecified atom stereocenters. The van der Waals surface area contributed by atoms with E-state index in [9.17, 15) is 14.7 Å². The minimum absolute atomic E-state index is 0.0116. The molecule has 0 radical (unpaired) electrons. The van der Waals surface area contributed by atoms with Gasteiger partial charge in [-0.15, -0.1) is 0 Å². The minimum Gasteiger partial charge on any atom is -0.507 e. The molecular weight excluding hydrogens is 294 g/mol. The summed E-state index contributed by atoms with van der Waals surface area (Å²) in [6.07, 6.45) is 3.34. The normalized spacial score (nSPS) is 10.4. The summed E-state index contributed by atoms with van der Waals surface area (Å²) in [6.45, 7) is 0.422. The van der Waals surface area contributed by atoms with Crippen LogP contribution in [0.2, 0.25) is 0 Å². The van der Waals surface area contributed by atoms with Gasteiger partial charge < -0.3 is 15.2 Å². The number of rotatable bonds is 6. The van der Waals surface area contributed by atoms with Gasteiger partial charge in [-0.05, 0) is 11.6 Å². The van der Waals surface area contributed by atoms with Gasteiger partial charge in [-0.1, -0.05) is 54.6 Å². The fraction of sp³-hybridized carbons (Fsp3) is 0.111.